The molecule has 0 aliphatic heterocycles. The summed E-state index contributed by atoms with van der Waals surface area (Å²) in [5.41, 5.74) is 4.08. The van der Waals surface area contributed by atoms with Crippen LogP contribution in [0.25, 0.3) is 22.3 Å². The first kappa shape index (κ1) is 17.7. The number of nitriles is 1. The standard InChI is InChI=1S/C22H16N4OS/c1-15-6-5-9-18(12-15)24-21(27)17(14-23)13-19-20(16-7-3-2-4-8-16)25-22-26(19)10-11-28-22/h2-13H,1H3,(H,24,27)/b17-13+. The third-order valence-electron chi connectivity index (χ3n) is 4.27. The number of anilines is 1. The number of hydrogen-bond donors (Lipinski definition) is 1. The van der Waals surface area contributed by atoms with Crippen molar-refractivity contribution >= 4 is 34.0 Å². The van der Waals surface area contributed by atoms with E-state index in [2.05, 4.69) is 10.3 Å². The summed E-state index contributed by atoms with van der Waals surface area (Å²) < 4.78 is 1.89. The monoisotopic (exact) mass is 384 g/mol. The minimum atomic E-state index is -0.447. The predicted molar refractivity (Wildman–Crippen MR) is 112 cm³/mol. The molecule has 2 aromatic heterocycles. The van der Waals surface area contributed by atoms with Crippen LogP contribution >= 0.6 is 11.3 Å². The highest BCUT2D eigenvalue weighted by Gasteiger charge is 2.17. The Bertz CT molecular complexity index is 1230. The van der Waals surface area contributed by atoms with Crippen LogP contribution in [-0.2, 0) is 4.79 Å². The van der Waals surface area contributed by atoms with Gasteiger partial charge in [-0.25, -0.2) is 4.98 Å². The molecule has 0 radical (unpaired) electrons. The van der Waals surface area contributed by atoms with Gasteiger partial charge in [-0.2, -0.15) is 5.26 Å². The van der Waals surface area contributed by atoms with Crippen LogP contribution in [0, 0.1) is 18.3 Å². The molecule has 0 bridgehead atoms. The molecule has 28 heavy (non-hydrogen) atoms. The number of benzene rings is 2. The summed E-state index contributed by atoms with van der Waals surface area (Å²) >= 11 is 1.50. The van der Waals surface area contributed by atoms with Gasteiger partial charge in [0.05, 0.1) is 11.4 Å². The maximum Gasteiger partial charge on any atom is 0.266 e. The number of imidazole rings is 1. The van der Waals surface area contributed by atoms with Crippen molar-refractivity contribution in [2.75, 3.05) is 5.32 Å². The number of carbonyl (C=O) groups excluding carboxylic acids is 1. The van der Waals surface area contributed by atoms with Crippen LogP contribution in [0.5, 0.6) is 0 Å². The van der Waals surface area contributed by atoms with Gasteiger partial charge in [0.15, 0.2) is 4.96 Å². The fourth-order valence-electron chi connectivity index (χ4n) is 2.96. The average molecular weight is 384 g/mol. The molecule has 0 unspecified atom stereocenters. The highest BCUT2D eigenvalue weighted by Crippen LogP contribution is 2.28. The van der Waals surface area contributed by atoms with Gasteiger partial charge in [-0.3, -0.25) is 9.20 Å². The van der Waals surface area contributed by atoms with E-state index in [4.69, 9.17) is 0 Å². The fourth-order valence-corrected chi connectivity index (χ4v) is 3.68. The van der Waals surface area contributed by atoms with E-state index in [1.165, 1.54) is 11.3 Å². The summed E-state index contributed by atoms with van der Waals surface area (Å²) in [5.74, 6) is -0.447. The molecule has 0 spiro atoms. The van der Waals surface area contributed by atoms with Crippen LogP contribution in [0.2, 0.25) is 0 Å². The number of thiazole rings is 1. The zero-order valence-corrected chi connectivity index (χ0v) is 15.9. The smallest absolute Gasteiger partial charge is 0.266 e. The van der Waals surface area contributed by atoms with Crippen LogP contribution in [0.15, 0.2) is 71.7 Å². The van der Waals surface area contributed by atoms with Crippen LogP contribution in [0.3, 0.4) is 0 Å². The third kappa shape index (κ3) is 3.43. The Hall–Kier alpha value is -3.69. The van der Waals surface area contributed by atoms with E-state index in [0.717, 1.165) is 21.8 Å². The van der Waals surface area contributed by atoms with Crippen LogP contribution in [-0.4, -0.2) is 15.3 Å². The number of hydrogen-bond acceptors (Lipinski definition) is 4. The second kappa shape index (κ2) is 7.51. The van der Waals surface area contributed by atoms with Crippen molar-refractivity contribution in [3.63, 3.8) is 0 Å². The first-order valence-corrected chi connectivity index (χ1v) is 9.54. The van der Waals surface area contributed by atoms with Gasteiger partial charge < -0.3 is 5.32 Å². The highest BCUT2D eigenvalue weighted by atomic mass is 32.1. The molecule has 0 atom stereocenters. The molecule has 4 rings (SSSR count). The van der Waals surface area contributed by atoms with E-state index < -0.39 is 5.91 Å². The zero-order valence-electron chi connectivity index (χ0n) is 15.1. The molecule has 0 saturated heterocycles. The predicted octanol–water partition coefficient (Wildman–Crippen LogP) is 4.92. The first-order valence-electron chi connectivity index (χ1n) is 8.66. The Balaban J connectivity index is 1.76. The molecular weight excluding hydrogens is 368 g/mol. The molecule has 136 valence electrons. The molecule has 6 heteroatoms. The average Bonchev–Trinajstić information content (AvgIpc) is 3.28. The Morgan fingerprint density at radius 3 is 2.79 bits per heavy atom. The maximum atomic E-state index is 12.7. The number of fused-ring (bicyclic) bond motifs is 1. The van der Waals surface area contributed by atoms with E-state index in [1.807, 2.05) is 77.5 Å². The number of aryl methyl sites for hydroxylation is 1. The van der Waals surface area contributed by atoms with Crippen molar-refractivity contribution in [3.05, 3.63) is 83.0 Å². The molecule has 0 saturated carbocycles. The fraction of sp³-hybridized carbons (Fsp3) is 0.0455. The second-order valence-corrected chi connectivity index (χ2v) is 7.13. The summed E-state index contributed by atoms with van der Waals surface area (Å²) in [7, 11) is 0. The van der Waals surface area contributed by atoms with Gasteiger partial charge in [0.25, 0.3) is 5.91 Å². The summed E-state index contributed by atoms with van der Waals surface area (Å²) in [6.45, 7) is 1.95. The van der Waals surface area contributed by atoms with Gasteiger partial charge in [-0.15, -0.1) is 11.3 Å². The van der Waals surface area contributed by atoms with Gasteiger partial charge in [-0.1, -0.05) is 42.5 Å². The van der Waals surface area contributed by atoms with Gasteiger partial charge in [0.1, 0.15) is 11.6 Å². The number of amides is 1. The lowest BCUT2D eigenvalue weighted by Crippen LogP contribution is -2.13. The van der Waals surface area contributed by atoms with E-state index in [1.54, 1.807) is 12.1 Å². The molecule has 2 heterocycles. The number of nitrogens with zero attached hydrogens (tertiary/aromatic N) is 3. The van der Waals surface area contributed by atoms with Gasteiger partial charge in [-0.05, 0) is 30.7 Å². The van der Waals surface area contributed by atoms with Crippen LogP contribution in [0.1, 0.15) is 11.3 Å². The molecule has 5 nitrogen and oxygen atoms in total. The summed E-state index contributed by atoms with van der Waals surface area (Å²) in [5, 5.41) is 14.3. The molecule has 2 aromatic carbocycles. The topological polar surface area (TPSA) is 70.2 Å². The van der Waals surface area contributed by atoms with Crippen molar-refractivity contribution in [1.29, 1.82) is 5.26 Å². The number of rotatable bonds is 4. The lowest BCUT2D eigenvalue weighted by molar-refractivity contribution is -0.112. The number of nitrogens with one attached hydrogen (secondary N) is 1. The molecule has 0 aliphatic rings. The van der Waals surface area contributed by atoms with Crippen molar-refractivity contribution in [2.24, 2.45) is 0 Å². The van der Waals surface area contributed by atoms with E-state index in [-0.39, 0.29) is 5.57 Å². The van der Waals surface area contributed by atoms with Crippen molar-refractivity contribution < 1.29 is 4.79 Å². The minimum Gasteiger partial charge on any atom is -0.321 e. The molecule has 0 aliphatic carbocycles. The van der Waals surface area contributed by atoms with Crippen molar-refractivity contribution in [2.45, 2.75) is 6.92 Å². The molecule has 4 aromatic rings. The summed E-state index contributed by atoms with van der Waals surface area (Å²) in [4.78, 5) is 18.2. The summed E-state index contributed by atoms with van der Waals surface area (Å²) in [6.07, 6.45) is 3.49. The maximum absolute atomic E-state index is 12.7. The third-order valence-corrected chi connectivity index (χ3v) is 5.02. The lowest BCUT2D eigenvalue weighted by Gasteiger charge is -2.06. The Kier molecular flexibility index (Phi) is 4.75. The van der Waals surface area contributed by atoms with Crippen LogP contribution < -0.4 is 5.32 Å². The molecule has 1 amide bonds. The molecule has 1 N–H and O–H groups in total. The number of carbonyl (C=O) groups is 1. The number of aromatic nitrogens is 2. The summed E-state index contributed by atoms with van der Waals surface area (Å²) in [6, 6.07) is 19.2. The highest BCUT2D eigenvalue weighted by molar-refractivity contribution is 7.15. The molecular formula is C22H16N4OS. The van der Waals surface area contributed by atoms with E-state index >= 15 is 0 Å². The Morgan fingerprint density at radius 1 is 1.21 bits per heavy atom. The quantitative estimate of drug-likeness (QED) is 0.401. The SMILES string of the molecule is Cc1cccc(NC(=O)/C(C#N)=C/c2c(-c3ccccc3)nc3sccn23)c1. The lowest BCUT2D eigenvalue weighted by atomic mass is 10.1. The van der Waals surface area contributed by atoms with Crippen molar-refractivity contribution in [1.82, 2.24) is 9.38 Å². The van der Waals surface area contributed by atoms with E-state index in [0.29, 0.717) is 11.4 Å². The second-order valence-electron chi connectivity index (χ2n) is 6.26. The first-order chi connectivity index (χ1) is 13.7. The van der Waals surface area contributed by atoms with Gasteiger partial charge in [0, 0.05) is 22.8 Å². The van der Waals surface area contributed by atoms with Gasteiger partial charge in [0.2, 0.25) is 0 Å². The largest absolute Gasteiger partial charge is 0.321 e. The zero-order chi connectivity index (χ0) is 19.5. The molecule has 0 fully saturated rings. The van der Waals surface area contributed by atoms with Crippen LogP contribution in [0.4, 0.5) is 5.69 Å². The van der Waals surface area contributed by atoms with Gasteiger partial charge >= 0.3 is 0 Å². The van der Waals surface area contributed by atoms with E-state index in [9.17, 15) is 10.1 Å². The minimum absolute atomic E-state index is 0.0201. The Morgan fingerprint density at radius 2 is 2.04 bits per heavy atom. The normalized spacial score (nSPS) is 11.4. The van der Waals surface area contributed by atoms with Crippen molar-refractivity contribution in [3.8, 4) is 17.3 Å². The Labute approximate surface area is 166 Å².